The Bertz CT molecular complexity index is 539. The van der Waals surface area contributed by atoms with Crippen LogP contribution in [0.15, 0.2) is 28.7 Å². The Balaban J connectivity index is 1.95. The molecule has 0 saturated carbocycles. The van der Waals surface area contributed by atoms with Crippen LogP contribution in [0.2, 0.25) is 0 Å². The first-order valence-electron chi connectivity index (χ1n) is 5.79. The van der Waals surface area contributed by atoms with E-state index in [1.807, 2.05) is 0 Å². The molecule has 1 aromatic heterocycles. The summed E-state index contributed by atoms with van der Waals surface area (Å²) < 4.78 is 46.6. The van der Waals surface area contributed by atoms with Crippen molar-refractivity contribution in [3.05, 3.63) is 35.8 Å². The lowest BCUT2D eigenvalue weighted by molar-refractivity contribution is 0.00276. The first kappa shape index (κ1) is 13.9. The molecule has 0 spiro atoms. The number of ether oxygens (including phenoxy) is 1. The molecule has 1 heterocycles. The Hall–Kier alpha value is -1.53. The summed E-state index contributed by atoms with van der Waals surface area (Å²) in [6, 6.07) is 5.54. The van der Waals surface area contributed by atoms with E-state index in [-0.39, 0.29) is 18.8 Å². The molecule has 6 heteroatoms. The Labute approximate surface area is 107 Å². The number of hydrogen-bond acceptors (Lipinski definition) is 3. The lowest BCUT2D eigenvalue weighted by Crippen LogP contribution is -2.08. The maximum Gasteiger partial charge on any atom is 0.261 e. The summed E-state index contributed by atoms with van der Waals surface area (Å²) in [6.07, 6.45) is -3.35. The minimum absolute atomic E-state index is 0.00306. The second kappa shape index (κ2) is 6.08. The van der Waals surface area contributed by atoms with E-state index in [1.165, 1.54) is 24.3 Å². The van der Waals surface area contributed by atoms with E-state index in [0.29, 0.717) is 11.0 Å². The molecule has 0 fully saturated rings. The van der Waals surface area contributed by atoms with Crippen LogP contribution in [0.4, 0.5) is 13.2 Å². The molecule has 104 valence electrons. The molecule has 1 atom stereocenters. The lowest BCUT2D eigenvalue weighted by atomic mass is 10.2. The molecule has 0 aliphatic carbocycles. The quantitative estimate of drug-likeness (QED) is 0.822. The van der Waals surface area contributed by atoms with Crippen LogP contribution < -0.4 is 0 Å². The van der Waals surface area contributed by atoms with Crippen molar-refractivity contribution in [2.24, 2.45) is 0 Å². The highest BCUT2D eigenvalue weighted by Gasteiger charge is 2.14. The molecule has 2 rings (SSSR count). The van der Waals surface area contributed by atoms with Gasteiger partial charge in [-0.15, -0.1) is 0 Å². The van der Waals surface area contributed by atoms with Gasteiger partial charge >= 0.3 is 0 Å². The van der Waals surface area contributed by atoms with Crippen molar-refractivity contribution in [1.82, 2.24) is 0 Å². The van der Waals surface area contributed by atoms with E-state index in [4.69, 9.17) is 4.42 Å². The molecule has 1 N–H and O–H groups in total. The van der Waals surface area contributed by atoms with Gasteiger partial charge in [0.2, 0.25) is 0 Å². The Morgan fingerprint density at radius 2 is 2.05 bits per heavy atom. The zero-order valence-corrected chi connectivity index (χ0v) is 9.98. The van der Waals surface area contributed by atoms with E-state index in [2.05, 4.69) is 4.74 Å². The highest BCUT2D eigenvalue weighted by Crippen LogP contribution is 2.26. The second-order valence-corrected chi connectivity index (χ2v) is 4.10. The van der Waals surface area contributed by atoms with E-state index in [1.54, 1.807) is 0 Å². The van der Waals surface area contributed by atoms with Gasteiger partial charge in [-0.1, -0.05) is 0 Å². The third-order valence-corrected chi connectivity index (χ3v) is 2.61. The number of hydrogen-bond donors (Lipinski definition) is 1. The van der Waals surface area contributed by atoms with Crippen LogP contribution >= 0.6 is 0 Å². The first-order valence-corrected chi connectivity index (χ1v) is 5.79. The standard InChI is InChI=1S/C13H13F3O3/c14-9-1-2-11-8(5-9)6-12(19-11)10(17)3-4-18-7-13(15)16/h1-2,5-6,10,13,17H,3-4,7H2. The van der Waals surface area contributed by atoms with Gasteiger partial charge in [-0.2, -0.15) is 0 Å². The van der Waals surface area contributed by atoms with Crippen molar-refractivity contribution in [2.45, 2.75) is 19.0 Å². The summed E-state index contributed by atoms with van der Waals surface area (Å²) in [7, 11) is 0. The van der Waals surface area contributed by atoms with Gasteiger partial charge in [-0.05, 0) is 24.3 Å². The molecule has 0 amide bonds. The number of rotatable bonds is 6. The van der Waals surface area contributed by atoms with Gasteiger partial charge in [-0.25, -0.2) is 13.2 Å². The van der Waals surface area contributed by atoms with Crippen LogP contribution in [-0.2, 0) is 4.74 Å². The van der Waals surface area contributed by atoms with Crippen LogP contribution in [0.25, 0.3) is 11.0 Å². The molecule has 0 aliphatic rings. The van der Waals surface area contributed by atoms with Gasteiger partial charge in [-0.3, -0.25) is 0 Å². The smallest absolute Gasteiger partial charge is 0.261 e. The number of aliphatic hydroxyl groups excluding tert-OH is 1. The van der Waals surface area contributed by atoms with Gasteiger partial charge in [0.05, 0.1) is 0 Å². The van der Waals surface area contributed by atoms with E-state index >= 15 is 0 Å². The Kier molecular flexibility index (Phi) is 4.44. The first-order chi connectivity index (χ1) is 9.06. The predicted octanol–water partition coefficient (Wildman–Crippen LogP) is 3.28. The Morgan fingerprint density at radius 1 is 1.26 bits per heavy atom. The van der Waals surface area contributed by atoms with Gasteiger partial charge in [0.25, 0.3) is 6.43 Å². The second-order valence-electron chi connectivity index (χ2n) is 4.10. The highest BCUT2D eigenvalue weighted by molar-refractivity contribution is 5.77. The summed E-state index contributed by atoms with van der Waals surface area (Å²) in [5.74, 6) is -0.129. The van der Waals surface area contributed by atoms with Crippen LogP contribution in [0.1, 0.15) is 18.3 Å². The fourth-order valence-electron chi connectivity index (χ4n) is 1.71. The summed E-state index contributed by atoms with van der Waals surface area (Å²) in [5.41, 5.74) is 0.462. The maximum atomic E-state index is 13.0. The largest absolute Gasteiger partial charge is 0.458 e. The van der Waals surface area contributed by atoms with Gasteiger partial charge in [0.15, 0.2) is 0 Å². The number of fused-ring (bicyclic) bond motifs is 1. The zero-order valence-electron chi connectivity index (χ0n) is 9.98. The number of benzene rings is 1. The maximum absolute atomic E-state index is 13.0. The van der Waals surface area contributed by atoms with Gasteiger partial charge in [0.1, 0.15) is 29.9 Å². The van der Waals surface area contributed by atoms with Crippen molar-refractivity contribution in [3.63, 3.8) is 0 Å². The van der Waals surface area contributed by atoms with Crippen LogP contribution in [0, 0.1) is 5.82 Å². The lowest BCUT2D eigenvalue weighted by Gasteiger charge is -2.07. The summed E-state index contributed by atoms with van der Waals surface area (Å²) in [5, 5.41) is 10.3. The minimum Gasteiger partial charge on any atom is -0.458 e. The molecule has 1 aromatic carbocycles. The van der Waals surface area contributed by atoms with Gasteiger partial charge in [0, 0.05) is 18.4 Å². The third kappa shape index (κ3) is 3.71. The third-order valence-electron chi connectivity index (χ3n) is 2.61. The fourth-order valence-corrected chi connectivity index (χ4v) is 1.71. The number of halogens is 3. The fraction of sp³-hybridized carbons (Fsp3) is 0.385. The monoisotopic (exact) mass is 274 g/mol. The average Bonchev–Trinajstić information content (AvgIpc) is 2.77. The summed E-state index contributed by atoms with van der Waals surface area (Å²) >= 11 is 0. The Morgan fingerprint density at radius 3 is 2.79 bits per heavy atom. The topological polar surface area (TPSA) is 42.6 Å². The number of aliphatic hydroxyl groups is 1. The van der Waals surface area contributed by atoms with E-state index in [9.17, 15) is 18.3 Å². The molecular weight excluding hydrogens is 261 g/mol. The van der Waals surface area contributed by atoms with Crippen LogP contribution in [0.3, 0.4) is 0 Å². The molecule has 1 unspecified atom stereocenters. The van der Waals surface area contributed by atoms with Crippen molar-refractivity contribution in [1.29, 1.82) is 0 Å². The molecule has 19 heavy (non-hydrogen) atoms. The zero-order chi connectivity index (χ0) is 13.8. The number of furan rings is 1. The van der Waals surface area contributed by atoms with Crippen molar-refractivity contribution >= 4 is 11.0 Å². The molecule has 0 radical (unpaired) electrons. The number of alkyl halides is 2. The molecule has 3 nitrogen and oxygen atoms in total. The SMILES string of the molecule is OC(CCOCC(F)F)c1cc2cc(F)ccc2o1. The average molecular weight is 274 g/mol. The van der Waals surface area contributed by atoms with E-state index in [0.717, 1.165) is 0 Å². The highest BCUT2D eigenvalue weighted by atomic mass is 19.3. The minimum atomic E-state index is -2.52. The normalized spacial score (nSPS) is 13.3. The van der Waals surface area contributed by atoms with Crippen LogP contribution in [0.5, 0.6) is 0 Å². The summed E-state index contributed by atoms with van der Waals surface area (Å²) in [4.78, 5) is 0. The molecule has 0 aliphatic heterocycles. The summed E-state index contributed by atoms with van der Waals surface area (Å²) in [6.45, 7) is -0.658. The van der Waals surface area contributed by atoms with Crippen LogP contribution in [-0.4, -0.2) is 24.7 Å². The predicted molar refractivity (Wildman–Crippen MR) is 62.6 cm³/mol. The molecular formula is C13H13F3O3. The molecule has 2 aromatic rings. The van der Waals surface area contributed by atoms with Crippen molar-refractivity contribution in [3.8, 4) is 0 Å². The van der Waals surface area contributed by atoms with Crippen molar-refractivity contribution < 1.29 is 27.4 Å². The van der Waals surface area contributed by atoms with Gasteiger partial charge < -0.3 is 14.3 Å². The van der Waals surface area contributed by atoms with Crippen molar-refractivity contribution in [2.75, 3.05) is 13.2 Å². The molecule has 0 saturated heterocycles. The molecule has 0 bridgehead atoms. The van der Waals surface area contributed by atoms with E-state index < -0.39 is 25.0 Å².